The van der Waals surface area contributed by atoms with Crippen molar-refractivity contribution in [1.82, 2.24) is 34.8 Å². The van der Waals surface area contributed by atoms with Gasteiger partial charge in [-0.15, -0.1) is 15.3 Å². The average molecular weight is 369 g/mol. The Kier molecular flexibility index (Phi) is 5.42. The molecule has 0 N–H and O–H groups in total. The summed E-state index contributed by atoms with van der Waals surface area (Å²) < 4.78 is 2.13. The highest BCUT2D eigenvalue weighted by atomic mass is 16.2. The number of piperidine rings is 2. The lowest BCUT2D eigenvalue weighted by Gasteiger charge is -2.32. The van der Waals surface area contributed by atoms with Crippen LogP contribution in [-0.2, 0) is 13.6 Å². The van der Waals surface area contributed by atoms with E-state index in [1.165, 1.54) is 19.3 Å². The molecule has 1 unspecified atom stereocenters. The van der Waals surface area contributed by atoms with Crippen molar-refractivity contribution >= 4 is 5.91 Å². The maximum atomic E-state index is 12.7. The van der Waals surface area contributed by atoms with E-state index in [0.717, 1.165) is 50.7 Å². The molecule has 0 spiro atoms. The first-order valence-corrected chi connectivity index (χ1v) is 9.90. The number of aromatic nitrogens is 5. The van der Waals surface area contributed by atoms with Gasteiger partial charge in [-0.2, -0.15) is 5.10 Å². The van der Waals surface area contributed by atoms with Crippen molar-refractivity contribution in [3.8, 4) is 0 Å². The van der Waals surface area contributed by atoms with Gasteiger partial charge in [-0.3, -0.25) is 9.69 Å². The van der Waals surface area contributed by atoms with Crippen molar-refractivity contribution in [3.05, 3.63) is 35.7 Å². The summed E-state index contributed by atoms with van der Waals surface area (Å²) in [6, 6.07) is 3.47. The number of amides is 1. The van der Waals surface area contributed by atoms with Crippen LogP contribution in [0.4, 0.5) is 0 Å². The molecule has 0 saturated carbocycles. The molecule has 2 saturated heterocycles. The number of nitrogens with zero attached hydrogens (tertiary/aromatic N) is 7. The van der Waals surface area contributed by atoms with E-state index in [2.05, 4.69) is 36.9 Å². The van der Waals surface area contributed by atoms with Gasteiger partial charge in [0.15, 0.2) is 5.69 Å². The Labute approximate surface area is 159 Å². The Morgan fingerprint density at radius 2 is 1.96 bits per heavy atom. The van der Waals surface area contributed by atoms with Crippen LogP contribution in [0.15, 0.2) is 18.3 Å². The van der Waals surface area contributed by atoms with Crippen LogP contribution in [0.1, 0.15) is 60.2 Å². The molecule has 2 fully saturated rings. The number of likely N-dealkylation sites (tertiary alicyclic amines) is 2. The smallest absolute Gasteiger partial charge is 0.274 e. The van der Waals surface area contributed by atoms with E-state index < -0.39 is 0 Å². The van der Waals surface area contributed by atoms with Gasteiger partial charge in [0, 0.05) is 32.3 Å². The van der Waals surface area contributed by atoms with Crippen LogP contribution < -0.4 is 0 Å². The van der Waals surface area contributed by atoms with E-state index in [1.807, 2.05) is 4.90 Å². The fraction of sp³-hybridized carbons (Fsp3) is 0.632. The van der Waals surface area contributed by atoms with Crippen molar-refractivity contribution in [2.75, 3.05) is 26.2 Å². The number of hydrogen-bond acceptors (Lipinski definition) is 6. The molecule has 0 bridgehead atoms. The second kappa shape index (κ2) is 8.12. The van der Waals surface area contributed by atoms with E-state index >= 15 is 0 Å². The first kappa shape index (κ1) is 18.0. The van der Waals surface area contributed by atoms with Crippen LogP contribution in [0.3, 0.4) is 0 Å². The van der Waals surface area contributed by atoms with Gasteiger partial charge >= 0.3 is 0 Å². The zero-order valence-corrected chi connectivity index (χ0v) is 15.9. The summed E-state index contributed by atoms with van der Waals surface area (Å²) in [6.07, 6.45) is 7.45. The number of hydrogen-bond donors (Lipinski definition) is 0. The van der Waals surface area contributed by atoms with Gasteiger partial charge in [-0.25, -0.2) is 0 Å². The van der Waals surface area contributed by atoms with Gasteiger partial charge in [0.1, 0.15) is 11.6 Å². The number of carbonyl (C=O) groups excluding carboxylic acids is 1. The zero-order valence-electron chi connectivity index (χ0n) is 15.9. The predicted molar refractivity (Wildman–Crippen MR) is 100 cm³/mol. The standard InChI is InChI=1S/C19H27N7O/c1-24-17(14-25-10-3-2-4-11-25)22-23-18(24)15-7-6-12-26(13-15)19(27)16-8-5-9-20-21-16/h5,8-9,15H,2-4,6-7,10-14H2,1H3. The maximum absolute atomic E-state index is 12.7. The van der Waals surface area contributed by atoms with Gasteiger partial charge in [-0.05, 0) is 50.9 Å². The Bertz CT molecular complexity index is 770. The molecule has 0 radical (unpaired) electrons. The summed E-state index contributed by atoms with van der Waals surface area (Å²) >= 11 is 0. The van der Waals surface area contributed by atoms with E-state index in [4.69, 9.17) is 0 Å². The molecule has 1 amide bonds. The van der Waals surface area contributed by atoms with Gasteiger partial charge in [0.25, 0.3) is 5.91 Å². The van der Waals surface area contributed by atoms with Crippen molar-refractivity contribution in [2.45, 2.75) is 44.6 Å². The molecule has 144 valence electrons. The Morgan fingerprint density at radius 3 is 2.74 bits per heavy atom. The second-order valence-electron chi connectivity index (χ2n) is 7.57. The lowest BCUT2D eigenvalue weighted by Crippen LogP contribution is -2.40. The molecule has 0 aromatic carbocycles. The highest BCUT2D eigenvalue weighted by Crippen LogP contribution is 2.27. The van der Waals surface area contributed by atoms with Crippen molar-refractivity contribution in [3.63, 3.8) is 0 Å². The van der Waals surface area contributed by atoms with E-state index in [-0.39, 0.29) is 11.8 Å². The molecule has 2 aromatic heterocycles. The second-order valence-corrected chi connectivity index (χ2v) is 7.57. The highest BCUT2D eigenvalue weighted by molar-refractivity contribution is 5.92. The molecule has 8 nitrogen and oxygen atoms in total. The summed E-state index contributed by atoms with van der Waals surface area (Å²) in [5, 5.41) is 16.7. The monoisotopic (exact) mass is 369 g/mol. The molecule has 27 heavy (non-hydrogen) atoms. The minimum Gasteiger partial charge on any atom is -0.337 e. The molecule has 2 aliphatic rings. The van der Waals surface area contributed by atoms with Crippen LogP contribution in [-0.4, -0.2) is 66.8 Å². The minimum absolute atomic E-state index is 0.0523. The SMILES string of the molecule is Cn1c(CN2CCCCC2)nnc1C1CCCN(C(=O)c2cccnn2)C1. The normalized spacial score (nSPS) is 21.4. The Morgan fingerprint density at radius 1 is 1.11 bits per heavy atom. The Balaban J connectivity index is 1.44. The highest BCUT2D eigenvalue weighted by Gasteiger charge is 2.29. The topological polar surface area (TPSA) is 80.0 Å². The summed E-state index contributed by atoms with van der Waals surface area (Å²) in [4.78, 5) is 17.0. The third kappa shape index (κ3) is 4.00. The molecule has 2 aliphatic heterocycles. The van der Waals surface area contributed by atoms with Crippen LogP contribution in [0.5, 0.6) is 0 Å². The lowest BCUT2D eigenvalue weighted by atomic mass is 9.97. The van der Waals surface area contributed by atoms with Gasteiger partial charge < -0.3 is 9.47 Å². The fourth-order valence-corrected chi connectivity index (χ4v) is 4.14. The van der Waals surface area contributed by atoms with Crippen molar-refractivity contribution in [2.24, 2.45) is 7.05 Å². The van der Waals surface area contributed by atoms with Crippen LogP contribution >= 0.6 is 0 Å². The lowest BCUT2D eigenvalue weighted by molar-refractivity contribution is 0.0696. The molecule has 1 atom stereocenters. The Hall–Kier alpha value is -2.35. The molecule has 4 rings (SSSR count). The van der Waals surface area contributed by atoms with E-state index in [0.29, 0.717) is 12.2 Å². The molecule has 8 heteroatoms. The van der Waals surface area contributed by atoms with Crippen LogP contribution in [0.2, 0.25) is 0 Å². The molecular weight excluding hydrogens is 342 g/mol. The quantitative estimate of drug-likeness (QED) is 0.815. The largest absolute Gasteiger partial charge is 0.337 e. The van der Waals surface area contributed by atoms with Crippen molar-refractivity contribution in [1.29, 1.82) is 0 Å². The van der Waals surface area contributed by atoms with Gasteiger partial charge in [0.2, 0.25) is 0 Å². The maximum Gasteiger partial charge on any atom is 0.274 e. The van der Waals surface area contributed by atoms with Gasteiger partial charge in [-0.1, -0.05) is 6.42 Å². The van der Waals surface area contributed by atoms with Crippen molar-refractivity contribution < 1.29 is 4.79 Å². The van der Waals surface area contributed by atoms with Crippen LogP contribution in [0, 0.1) is 0 Å². The fourth-order valence-electron chi connectivity index (χ4n) is 4.14. The number of rotatable bonds is 4. The summed E-state index contributed by atoms with van der Waals surface area (Å²) in [7, 11) is 2.05. The molecule has 2 aromatic rings. The molecule has 0 aliphatic carbocycles. The average Bonchev–Trinajstić information content (AvgIpc) is 3.09. The summed E-state index contributed by atoms with van der Waals surface area (Å²) in [5.74, 6) is 2.17. The third-order valence-corrected chi connectivity index (χ3v) is 5.68. The summed E-state index contributed by atoms with van der Waals surface area (Å²) in [6.45, 7) is 4.56. The van der Waals surface area contributed by atoms with Gasteiger partial charge in [0.05, 0.1) is 6.54 Å². The molecular formula is C19H27N7O. The zero-order chi connectivity index (χ0) is 18.6. The number of carbonyl (C=O) groups is 1. The summed E-state index contributed by atoms with van der Waals surface area (Å²) in [5.41, 5.74) is 0.405. The third-order valence-electron chi connectivity index (χ3n) is 5.68. The predicted octanol–water partition coefficient (Wildman–Crippen LogP) is 1.61. The van der Waals surface area contributed by atoms with E-state index in [1.54, 1.807) is 18.3 Å². The first-order chi connectivity index (χ1) is 13.2. The van der Waals surface area contributed by atoms with Crippen LogP contribution in [0.25, 0.3) is 0 Å². The van der Waals surface area contributed by atoms with E-state index in [9.17, 15) is 4.79 Å². The first-order valence-electron chi connectivity index (χ1n) is 9.90. The molecule has 4 heterocycles. The minimum atomic E-state index is -0.0523.